The summed E-state index contributed by atoms with van der Waals surface area (Å²) in [6.45, 7) is 0. The van der Waals surface area contributed by atoms with Gasteiger partial charge < -0.3 is 0 Å². The molecule has 0 aliphatic heterocycles. The Hall–Kier alpha value is -1.80. The van der Waals surface area contributed by atoms with Gasteiger partial charge in [-0.2, -0.15) is 0 Å². The zero-order valence-corrected chi connectivity index (χ0v) is 17.0. The van der Waals surface area contributed by atoms with Crippen LogP contribution in [0.2, 0.25) is 0 Å². The summed E-state index contributed by atoms with van der Waals surface area (Å²) < 4.78 is 1.04. The van der Waals surface area contributed by atoms with Gasteiger partial charge in [0.1, 0.15) is 0 Å². The van der Waals surface area contributed by atoms with Crippen molar-refractivity contribution >= 4 is 49.2 Å². The van der Waals surface area contributed by atoms with E-state index in [1.54, 1.807) is 0 Å². The maximum absolute atomic E-state index is 6.59. The first-order chi connectivity index (χ1) is 12.6. The smallest absolute Gasteiger partial charge is 0.0447 e. The number of hydrogen-bond donors (Lipinski definition) is 0. The van der Waals surface area contributed by atoms with Crippen LogP contribution in [0.3, 0.4) is 0 Å². The van der Waals surface area contributed by atoms with Crippen molar-refractivity contribution in [2.24, 2.45) is 0 Å². The molecule has 0 aliphatic rings. The molecule has 0 saturated carbocycles. The third-order valence-corrected chi connectivity index (χ3v) is 5.22. The van der Waals surface area contributed by atoms with Crippen molar-refractivity contribution in [2.75, 3.05) is 0 Å². The zero-order valence-electron chi connectivity index (χ0n) is 13.9. The van der Waals surface area contributed by atoms with E-state index < -0.39 is 0 Å². The molecule has 0 unspecified atom stereocenters. The molecule has 0 bridgehead atoms. The first kappa shape index (κ1) is 19.0. The average Bonchev–Trinajstić information content (AvgIpc) is 2.69. The SMILES string of the molecule is Cl/C(=C/C(/C=C(/Cl)c1ccccc1)c1ccc(Br)cc1)c1ccccc1. The summed E-state index contributed by atoms with van der Waals surface area (Å²) in [5.41, 5.74) is 3.09. The fourth-order valence-corrected chi connectivity index (χ4v) is 3.42. The van der Waals surface area contributed by atoms with Gasteiger partial charge in [0, 0.05) is 20.5 Å². The third kappa shape index (κ3) is 5.11. The van der Waals surface area contributed by atoms with Crippen LogP contribution in [0.4, 0.5) is 0 Å². The lowest BCUT2D eigenvalue weighted by Crippen LogP contribution is -1.93. The normalized spacial score (nSPS) is 12.5. The largest absolute Gasteiger partial charge is 0.0840 e. The molecule has 0 nitrogen and oxygen atoms in total. The van der Waals surface area contributed by atoms with Gasteiger partial charge in [0.05, 0.1) is 0 Å². The van der Waals surface area contributed by atoms with Crippen LogP contribution in [0.25, 0.3) is 10.1 Å². The molecule has 0 aliphatic carbocycles. The minimum Gasteiger partial charge on any atom is -0.0840 e. The van der Waals surface area contributed by atoms with Gasteiger partial charge in [0.2, 0.25) is 0 Å². The van der Waals surface area contributed by atoms with E-state index in [1.807, 2.05) is 84.9 Å². The molecular weight excluding hydrogens is 427 g/mol. The van der Waals surface area contributed by atoms with Gasteiger partial charge in [-0.25, -0.2) is 0 Å². The summed E-state index contributed by atoms with van der Waals surface area (Å²) >= 11 is 16.7. The maximum atomic E-state index is 6.59. The van der Waals surface area contributed by atoms with Gasteiger partial charge in [-0.1, -0.05) is 124 Å². The Labute approximate surface area is 172 Å². The van der Waals surface area contributed by atoms with Crippen LogP contribution in [-0.4, -0.2) is 0 Å². The minimum atomic E-state index is -0.0384. The minimum absolute atomic E-state index is 0.0384. The summed E-state index contributed by atoms with van der Waals surface area (Å²) in [4.78, 5) is 0. The molecular formula is C23H17BrCl2. The van der Waals surface area contributed by atoms with Gasteiger partial charge in [0.15, 0.2) is 0 Å². The highest BCUT2D eigenvalue weighted by Gasteiger charge is 2.10. The lowest BCUT2D eigenvalue weighted by molar-refractivity contribution is 1.09. The number of allylic oxidation sites excluding steroid dienone is 2. The Morgan fingerprint density at radius 2 is 1.08 bits per heavy atom. The summed E-state index contributed by atoms with van der Waals surface area (Å²) in [6.07, 6.45) is 4.07. The Bertz CT molecular complexity index is 842. The third-order valence-electron chi connectivity index (χ3n) is 4.01. The van der Waals surface area contributed by atoms with Crippen molar-refractivity contribution in [3.05, 3.63) is 118 Å². The first-order valence-electron chi connectivity index (χ1n) is 8.24. The number of benzene rings is 3. The van der Waals surface area contributed by atoms with Crippen LogP contribution in [0, 0.1) is 0 Å². The van der Waals surface area contributed by atoms with Crippen molar-refractivity contribution in [3.8, 4) is 0 Å². The lowest BCUT2D eigenvalue weighted by atomic mass is 9.96. The van der Waals surface area contributed by atoms with Gasteiger partial charge in [0.25, 0.3) is 0 Å². The fourth-order valence-electron chi connectivity index (χ4n) is 2.63. The topological polar surface area (TPSA) is 0 Å². The van der Waals surface area contributed by atoms with E-state index in [0.29, 0.717) is 10.1 Å². The van der Waals surface area contributed by atoms with Crippen molar-refractivity contribution < 1.29 is 0 Å². The van der Waals surface area contributed by atoms with Gasteiger partial charge >= 0.3 is 0 Å². The summed E-state index contributed by atoms with van der Waals surface area (Å²) in [6, 6.07) is 28.1. The van der Waals surface area contributed by atoms with Gasteiger partial charge in [-0.05, 0) is 28.8 Å². The van der Waals surface area contributed by atoms with Crippen LogP contribution in [0.5, 0.6) is 0 Å². The zero-order chi connectivity index (χ0) is 18.4. The second-order valence-corrected chi connectivity index (χ2v) is 7.57. The Kier molecular flexibility index (Phi) is 6.73. The van der Waals surface area contributed by atoms with Crippen molar-refractivity contribution in [1.82, 2.24) is 0 Å². The van der Waals surface area contributed by atoms with E-state index in [-0.39, 0.29) is 5.92 Å². The standard InChI is InChI=1S/C23H17BrCl2/c24-21-13-11-17(12-14-21)20(15-22(25)18-7-3-1-4-8-18)16-23(26)19-9-5-2-6-10-19/h1-16,20H/b22-15+,23-16+. The highest BCUT2D eigenvalue weighted by molar-refractivity contribution is 9.10. The number of rotatable bonds is 5. The van der Waals surface area contributed by atoms with E-state index in [9.17, 15) is 0 Å². The Balaban J connectivity index is 2.01. The molecule has 0 N–H and O–H groups in total. The molecule has 3 rings (SSSR count). The second kappa shape index (κ2) is 9.23. The molecule has 0 saturated heterocycles. The molecule has 0 spiro atoms. The molecule has 0 heterocycles. The molecule has 3 aromatic rings. The predicted molar refractivity (Wildman–Crippen MR) is 117 cm³/mol. The van der Waals surface area contributed by atoms with Gasteiger partial charge in [-0.15, -0.1) is 0 Å². The Morgan fingerprint density at radius 1 is 0.654 bits per heavy atom. The van der Waals surface area contributed by atoms with Crippen LogP contribution in [0.15, 0.2) is 102 Å². The molecule has 3 aromatic carbocycles. The summed E-state index contributed by atoms with van der Waals surface area (Å²) in [7, 11) is 0. The first-order valence-corrected chi connectivity index (χ1v) is 9.79. The maximum Gasteiger partial charge on any atom is 0.0447 e. The molecule has 0 fully saturated rings. The van der Waals surface area contributed by atoms with Crippen molar-refractivity contribution in [1.29, 1.82) is 0 Å². The molecule has 3 heteroatoms. The summed E-state index contributed by atoms with van der Waals surface area (Å²) in [5.74, 6) is -0.0384. The lowest BCUT2D eigenvalue weighted by Gasteiger charge is -2.12. The van der Waals surface area contributed by atoms with Gasteiger partial charge in [-0.3, -0.25) is 0 Å². The highest BCUT2D eigenvalue weighted by atomic mass is 79.9. The quantitative estimate of drug-likeness (QED) is 0.373. The molecule has 130 valence electrons. The number of hydrogen-bond acceptors (Lipinski definition) is 0. The average molecular weight is 444 g/mol. The van der Waals surface area contributed by atoms with E-state index in [1.165, 1.54) is 0 Å². The van der Waals surface area contributed by atoms with E-state index >= 15 is 0 Å². The van der Waals surface area contributed by atoms with Crippen molar-refractivity contribution in [2.45, 2.75) is 5.92 Å². The molecule has 0 radical (unpaired) electrons. The van der Waals surface area contributed by atoms with Crippen molar-refractivity contribution in [3.63, 3.8) is 0 Å². The molecule has 0 amide bonds. The summed E-state index contributed by atoms with van der Waals surface area (Å²) in [5, 5.41) is 1.40. The van der Waals surface area contributed by atoms with E-state index in [2.05, 4.69) is 28.1 Å². The van der Waals surface area contributed by atoms with E-state index in [4.69, 9.17) is 23.2 Å². The Morgan fingerprint density at radius 3 is 1.50 bits per heavy atom. The fraction of sp³-hybridized carbons (Fsp3) is 0.0435. The molecule has 0 atom stereocenters. The van der Waals surface area contributed by atoms with Crippen LogP contribution < -0.4 is 0 Å². The molecule has 0 aromatic heterocycles. The number of halogens is 3. The monoisotopic (exact) mass is 442 g/mol. The second-order valence-electron chi connectivity index (χ2n) is 5.84. The molecule has 26 heavy (non-hydrogen) atoms. The predicted octanol–water partition coefficient (Wildman–Crippen LogP) is 8.09. The van der Waals surface area contributed by atoms with Crippen LogP contribution in [-0.2, 0) is 0 Å². The highest BCUT2D eigenvalue weighted by Crippen LogP contribution is 2.31. The van der Waals surface area contributed by atoms with Crippen LogP contribution >= 0.6 is 39.1 Å². The van der Waals surface area contributed by atoms with E-state index in [0.717, 1.165) is 21.2 Å². The van der Waals surface area contributed by atoms with Crippen LogP contribution in [0.1, 0.15) is 22.6 Å².